The molecular weight excluding hydrogens is 294 g/mol. The molecule has 0 radical (unpaired) electrons. The monoisotopic (exact) mass is 313 g/mol. The minimum Gasteiger partial charge on any atom is -0.388 e. The first-order valence-electron chi connectivity index (χ1n) is 7.21. The SMILES string of the molecule is CCC1CCC(O)(CNc2nc(Cl)ccc2[N+](=O)[O-])CC1. The second-order valence-corrected chi connectivity index (χ2v) is 6.08. The fourth-order valence-corrected chi connectivity index (χ4v) is 2.90. The van der Waals surface area contributed by atoms with Gasteiger partial charge in [-0.1, -0.05) is 24.9 Å². The highest BCUT2D eigenvalue weighted by Crippen LogP contribution is 2.34. The number of hydrogen-bond acceptors (Lipinski definition) is 5. The van der Waals surface area contributed by atoms with E-state index in [2.05, 4.69) is 17.2 Å². The molecule has 0 aliphatic heterocycles. The number of pyridine rings is 1. The van der Waals surface area contributed by atoms with Crippen LogP contribution in [-0.4, -0.2) is 27.2 Å². The third-order valence-corrected chi connectivity index (χ3v) is 4.45. The summed E-state index contributed by atoms with van der Waals surface area (Å²) in [6, 6.07) is 2.70. The normalized spacial score (nSPS) is 25.6. The lowest BCUT2D eigenvalue weighted by Gasteiger charge is -2.35. The molecule has 1 fully saturated rings. The van der Waals surface area contributed by atoms with E-state index >= 15 is 0 Å². The van der Waals surface area contributed by atoms with Crippen LogP contribution in [-0.2, 0) is 0 Å². The van der Waals surface area contributed by atoms with Gasteiger partial charge < -0.3 is 10.4 Å². The van der Waals surface area contributed by atoms with Gasteiger partial charge in [-0.05, 0) is 37.7 Å². The van der Waals surface area contributed by atoms with Crippen molar-refractivity contribution in [3.05, 3.63) is 27.4 Å². The van der Waals surface area contributed by atoms with Crippen LogP contribution < -0.4 is 5.32 Å². The Labute approximate surface area is 128 Å². The summed E-state index contributed by atoms with van der Waals surface area (Å²) in [5.41, 5.74) is -0.964. The van der Waals surface area contributed by atoms with Crippen molar-refractivity contribution < 1.29 is 10.0 Å². The van der Waals surface area contributed by atoms with E-state index in [9.17, 15) is 15.2 Å². The third kappa shape index (κ3) is 4.04. The van der Waals surface area contributed by atoms with Gasteiger partial charge >= 0.3 is 5.69 Å². The molecule has 1 aromatic heterocycles. The maximum Gasteiger partial charge on any atom is 0.311 e. The molecule has 1 aromatic rings. The Morgan fingerprint density at radius 2 is 2.19 bits per heavy atom. The summed E-state index contributed by atoms with van der Waals surface area (Å²) < 4.78 is 0. The van der Waals surface area contributed by atoms with E-state index in [0.29, 0.717) is 18.8 Å². The highest BCUT2D eigenvalue weighted by molar-refractivity contribution is 6.29. The van der Waals surface area contributed by atoms with Crippen molar-refractivity contribution in [1.82, 2.24) is 4.98 Å². The van der Waals surface area contributed by atoms with Gasteiger partial charge in [-0.2, -0.15) is 0 Å². The standard InChI is InChI=1S/C14H20ClN3O3/c1-2-10-5-7-14(19,8-6-10)9-16-13-11(18(20)21)3-4-12(15)17-13/h3-4,10,19H,2,5-9H2,1H3,(H,16,17). The molecule has 1 heterocycles. The Morgan fingerprint density at radius 1 is 1.52 bits per heavy atom. The van der Waals surface area contributed by atoms with Gasteiger partial charge in [-0.25, -0.2) is 4.98 Å². The Bertz CT molecular complexity index is 516. The minimum absolute atomic E-state index is 0.110. The predicted octanol–water partition coefficient (Wildman–Crippen LogP) is 3.39. The van der Waals surface area contributed by atoms with E-state index in [1.807, 2.05) is 0 Å². The van der Waals surface area contributed by atoms with Crippen molar-refractivity contribution in [3.8, 4) is 0 Å². The summed E-state index contributed by atoms with van der Waals surface area (Å²) in [4.78, 5) is 14.4. The van der Waals surface area contributed by atoms with E-state index in [1.54, 1.807) is 0 Å². The zero-order valence-electron chi connectivity index (χ0n) is 12.0. The van der Waals surface area contributed by atoms with E-state index in [1.165, 1.54) is 12.1 Å². The first kappa shape index (κ1) is 16.0. The van der Waals surface area contributed by atoms with Gasteiger partial charge in [-0.15, -0.1) is 0 Å². The summed E-state index contributed by atoms with van der Waals surface area (Å²) in [6.07, 6.45) is 4.50. The molecule has 6 nitrogen and oxygen atoms in total. The number of hydrogen-bond donors (Lipinski definition) is 2. The summed E-state index contributed by atoms with van der Waals surface area (Å²) in [5, 5.41) is 24.6. The first-order chi connectivity index (χ1) is 9.93. The Balaban J connectivity index is 2.03. The summed E-state index contributed by atoms with van der Waals surface area (Å²) in [6.45, 7) is 2.41. The molecule has 0 saturated heterocycles. The van der Waals surface area contributed by atoms with Crippen molar-refractivity contribution in [2.45, 2.75) is 44.6 Å². The van der Waals surface area contributed by atoms with Crippen molar-refractivity contribution in [2.75, 3.05) is 11.9 Å². The average molecular weight is 314 g/mol. The van der Waals surface area contributed by atoms with Crippen LogP contribution in [0.5, 0.6) is 0 Å². The first-order valence-corrected chi connectivity index (χ1v) is 7.58. The number of aliphatic hydroxyl groups is 1. The van der Waals surface area contributed by atoms with Crippen LogP contribution in [0.3, 0.4) is 0 Å². The molecule has 1 saturated carbocycles. The number of nitrogens with zero attached hydrogens (tertiary/aromatic N) is 2. The molecule has 0 aromatic carbocycles. The molecular formula is C14H20ClN3O3. The summed E-state index contributed by atoms with van der Waals surface area (Å²) >= 11 is 5.78. The van der Waals surface area contributed by atoms with Crippen LogP contribution in [0, 0.1) is 16.0 Å². The number of anilines is 1. The fourth-order valence-electron chi connectivity index (χ4n) is 2.75. The molecule has 0 atom stereocenters. The summed E-state index contributed by atoms with van der Waals surface area (Å²) in [7, 11) is 0. The summed E-state index contributed by atoms with van der Waals surface area (Å²) in [5.74, 6) is 0.780. The van der Waals surface area contributed by atoms with Gasteiger partial charge in [0.2, 0.25) is 5.82 Å². The van der Waals surface area contributed by atoms with Gasteiger partial charge in [0, 0.05) is 12.6 Å². The largest absolute Gasteiger partial charge is 0.388 e. The molecule has 116 valence electrons. The van der Waals surface area contributed by atoms with Gasteiger partial charge in [0.25, 0.3) is 0 Å². The number of nitro groups is 1. The third-order valence-electron chi connectivity index (χ3n) is 4.23. The van der Waals surface area contributed by atoms with Gasteiger partial charge in [0.1, 0.15) is 5.15 Å². The molecule has 7 heteroatoms. The van der Waals surface area contributed by atoms with Crippen LogP contribution in [0.1, 0.15) is 39.0 Å². The zero-order chi connectivity index (χ0) is 15.5. The van der Waals surface area contributed by atoms with E-state index in [4.69, 9.17) is 11.6 Å². The minimum atomic E-state index is -0.830. The van der Waals surface area contributed by atoms with Gasteiger partial charge in [-0.3, -0.25) is 10.1 Å². The second-order valence-electron chi connectivity index (χ2n) is 5.69. The predicted molar refractivity (Wildman–Crippen MR) is 81.6 cm³/mol. The maximum atomic E-state index is 11.0. The molecule has 2 N–H and O–H groups in total. The maximum absolute atomic E-state index is 11.0. The van der Waals surface area contributed by atoms with Crippen LogP contribution in [0.25, 0.3) is 0 Å². The zero-order valence-corrected chi connectivity index (χ0v) is 12.8. The molecule has 1 aliphatic rings. The van der Waals surface area contributed by atoms with E-state index < -0.39 is 10.5 Å². The Hall–Kier alpha value is -1.40. The molecule has 0 amide bonds. The van der Waals surface area contributed by atoms with Crippen LogP contribution >= 0.6 is 11.6 Å². The number of aromatic nitrogens is 1. The van der Waals surface area contributed by atoms with Crippen molar-refractivity contribution in [2.24, 2.45) is 5.92 Å². The van der Waals surface area contributed by atoms with Crippen molar-refractivity contribution >= 4 is 23.1 Å². The average Bonchev–Trinajstić information content (AvgIpc) is 2.46. The lowest BCUT2D eigenvalue weighted by atomic mass is 9.78. The number of rotatable bonds is 5. The second kappa shape index (κ2) is 6.58. The highest BCUT2D eigenvalue weighted by atomic mass is 35.5. The van der Waals surface area contributed by atoms with Crippen LogP contribution in [0.2, 0.25) is 5.15 Å². The lowest BCUT2D eigenvalue weighted by molar-refractivity contribution is -0.384. The molecule has 21 heavy (non-hydrogen) atoms. The Kier molecular flexibility index (Phi) is 5.00. The molecule has 0 unspecified atom stereocenters. The molecule has 0 spiro atoms. The van der Waals surface area contributed by atoms with Crippen LogP contribution in [0.15, 0.2) is 12.1 Å². The van der Waals surface area contributed by atoms with Crippen molar-refractivity contribution in [1.29, 1.82) is 0 Å². The highest BCUT2D eigenvalue weighted by Gasteiger charge is 2.33. The molecule has 0 bridgehead atoms. The molecule has 2 rings (SSSR count). The number of nitrogens with one attached hydrogen (secondary N) is 1. The number of halogens is 1. The smallest absolute Gasteiger partial charge is 0.311 e. The van der Waals surface area contributed by atoms with E-state index in [-0.39, 0.29) is 23.2 Å². The molecule has 1 aliphatic carbocycles. The van der Waals surface area contributed by atoms with Crippen molar-refractivity contribution in [3.63, 3.8) is 0 Å². The van der Waals surface area contributed by atoms with E-state index in [0.717, 1.165) is 19.3 Å². The van der Waals surface area contributed by atoms with Crippen LogP contribution in [0.4, 0.5) is 11.5 Å². The van der Waals surface area contributed by atoms with Gasteiger partial charge in [0.15, 0.2) is 0 Å². The topological polar surface area (TPSA) is 88.3 Å². The Morgan fingerprint density at radius 3 is 2.76 bits per heavy atom. The quantitative estimate of drug-likeness (QED) is 0.494. The van der Waals surface area contributed by atoms with Gasteiger partial charge in [0.05, 0.1) is 10.5 Å². The fraction of sp³-hybridized carbons (Fsp3) is 0.643. The lowest BCUT2D eigenvalue weighted by Crippen LogP contribution is -2.40.